The van der Waals surface area contributed by atoms with Gasteiger partial charge in [-0.25, -0.2) is 9.97 Å². The van der Waals surface area contributed by atoms with Crippen LogP contribution in [-0.4, -0.2) is 30.6 Å². The second-order valence-electron chi connectivity index (χ2n) is 5.96. The van der Waals surface area contributed by atoms with Gasteiger partial charge in [0.25, 0.3) is 0 Å². The zero-order valence-electron chi connectivity index (χ0n) is 14.9. The smallest absolute Gasteiger partial charge is 0.206 e. The van der Waals surface area contributed by atoms with Gasteiger partial charge in [-0.3, -0.25) is 0 Å². The van der Waals surface area contributed by atoms with Crippen molar-refractivity contribution in [1.82, 2.24) is 30.6 Å². The summed E-state index contributed by atoms with van der Waals surface area (Å²) in [6, 6.07) is 17.4. The van der Waals surface area contributed by atoms with E-state index >= 15 is 0 Å². The summed E-state index contributed by atoms with van der Waals surface area (Å²) in [6.07, 6.45) is 0. The number of nitrogens with one attached hydrogen (secondary N) is 2. The summed E-state index contributed by atoms with van der Waals surface area (Å²) in [7, 11) is 0. The summed E-state index contributed by atoms with van der Waals surface area (Å²) < 4.78 is 0. The molecule has 28 heavy (non-hydrogen) atoms. The average Bonchev–Trinajstić information content (AvgIpc) is 3.22. The molecule has 0 atom stereocenters. The maximum Gasteiger partial charge on any atom is 0.206 e. The minimum atomic E-state index is 0.516. The third-order valence-corrected chi connectivity index (χ3v) is 5.19. The second-order valence-corrected chi connectivity index (χ2v) is 7.31. The number of aromatic nitrogens is 6. The average molecular weight is 410 g/mol. The number of aryl methyl sites for hydroxylation is 1. The van der Waals surface area contributed by atoms with Crippen LogP contribution in [0, 0.1) is 6.92 Å². The van der Waals surface area contributed by atoms with Crippen LogP contribution < -0.4 is 5.32 Å². The van der Waals surface area contributed by atoms with Crippen molar-refractivity contribution in [2.75, 3.05) is 5.32 Å². The fourth-order valence-corrected chi connectivity index (χ4v) is 3.82. The number of anilines is 2. The summed E-state index contributed by atoms with van der Waals surface area (Å²) in [6.45, 7) is 1.94. The molecule has 0 aliphatic carbocycles. The Balaban J connectivity index is 1.56. The summed E-state index contributed by atoms with van der Waals surface area (Å²) in [5.74, 6) is 1.91. The molecule has 0 bridgehead atoms. The van der Waals surface area contributed by atoms with Crippen molar-refractivity contribution in [3.8, 4) is 11.4 Å². The first kappa shape index (κ1) is 18.4. The highest BCUT2D eigenvalue weighted by molar-refractivity contribution is 7.98. The van der Waals surface area contributed by atoms with Crippen molar-refractivity contribution in [3.63, 3.8) is 0 Å². The molecule has 0 aliphatic rings. The molecule has 9 heteroatoms. The maximum absolute atomic E-state index is 6.24. The van der Waals surface area contributed by atoms with E-state index in [2.05, 4.69) is 35.9 Å². The van der Waals surface area contributed by atoms with E-state index in [0.29, 0.717) is 22.6 Å². The number of thioether (sulfide) groups is 1. The lowest BCUT2D eigenvalue weighted by atomic mass is 10.1. The number of halogens is 1. The molecule has 2 N–H and O–H groups in total. The SMILES string of the molecule is Cc1cc(Nc2ccccc2-c2nn[nH]n2)nc(SCc2ccccc2Cl)n1. The van der Waals surface area contributed by atoms with Crippen LogP contribution >= 0.6 is 23.4 Å². The van der Waals surface area contributed by atoms with Crippen molar-refractivity contribution in [3.05, 3.63) is 70.9 Å². The van der Waals surface area contributed by atoms with Gasteiger partial charge in [0.05, 0.1) is 5.69 Å². The third-order valence-electron chi connectivity index (χ3n) is 3.92. The van der Waals surface area contributed by atoms with Crippen molar-refractivity contribution in [2.24, 2.45) is 0 Å². The van der Waals surface area contributed by atoms with E-state index in [9.17, 15) is 0 Å². The van der Waals surface area contributed by atoms with Gasteiger partial charge >= 0.3 is 0 Å². The van der Waals surface area contributed by atoms with Crippen LogP contribution in [0.4, 0.5) is 11.5 Å². The summed E-state index contributed by atoms with van der Waals surface area (Å²) in [5.41, 5.74) is 3.59. The number of nitrogens with zero attached hydrogens (tertiary/aromatic N) is 5. The third kappa shape index (κ3) is 4.29. The zero-order chi connectivity index (χ0) is 19.3. The largest absolute Gasteiger partial charge is 0.339 e. The van der Waals surface area contributed by atoms with Gasteiger partial charge in [-0.15, -0.1) is 10.2 Å². The number of benzene rings is 2. The van der Waals surface area contributed by atoms with E-state index in [1.165, 1.54) is 0 Å². The molecule has 2 heterocycles. The number of H-pyrrole nitrogens is 1. The van der Waals surface area contributed by atoms with E-state index in [1.54, 1.807) is 11.8 Å². The van der Waals surface area contributed by atoms with E-state index in [1.807, 2.05) is 61.5 Å². The van der Waals surface area contributed by atoms with Gasteiger partial charge in [0, 0.05) is 28.1 Å². The molecule has 0 aliphatic heterocycles. The van der Waals surface area contributed by atoms with Crippen LogP contribution in [0.5, 0.6) is 0 Å². The van der Waals surface area contributed by atoms with Gasteiger partial charge in [0.2, 0.25) is 5.82 Å². The van der Waals surface area contributed by atoms with Crippen LogP contribution in [0.3, 0.4) is 0 Å². The first-order chi connectivity index (χ1) is 13.7. The van der Waals surface area contributed by atoms with E-state index in [4.69, 9.17) is 11.6 Å². The summed E-state index contributed by atoms with van der Waals surface area (Å²) in [5, 5.41) is 19.0. The van der Waals surface area contributed by atoms with Crippen LogP contribution in [0.1, 0.15) is 11.3 Å². The highest BCUT2D eigenvalue weighted by Gasteiger charge is 2.11. The molecule has 140 valence electrons. The predicted molar refractivity (Wildman–Crippen MR) is 111 cm³/mol. The van der Waals surface area contributed by atoms with Gasteiger partial charge in [-0.1, -0.05) is 53.7 Å². The number of hydrogen-bond donors (Lipinski definition) is 2. The number of aromatic amines is 1. The lowest BCUT2D eigenvalue weighted by molar-refractivity contribution is 0.881. The fourth-order valence-electron chi connectivity index (χ4n) is 2.63. The minimum Gasteiger partial charge on any atom is -0.339 e. The molecule has 0 fully saturated rings. The monoisotopic (exact) mass is 409 g/mol. The Labute approximate surface area is 171 Å². The fraction of sp³-hybridized carbons (Fsp3) is 0.105. The van der Waals surface area contributed by atoms with Crippen LogP contribution in [0.15, 0.2) is 59.8 Å². The van der Waals surface area contributed by atoms with Gasteiger partial charge in [-0.05, 0) is 35.9 Å². The van der Waals surface area contributed by atoms with Crippen molar-refractivity contribution in [1.29, 1.82) is 0 Å². The Hall–Kier alpha value is -2.97. The molecule has 4 rings (SSSR count). The zero-order valence-corrected chi connectivity index (χ0v) is 16.5. The first-order valence-corrected chi connectivity index (χ1v) is 9.87. The maximum atomic E-state index is 6.24. The van der Waals surface area contributed by atoms with Crippen LogP contribution in [0.25, 0.3) is 11.4 Å². The molecule has 4 aromatic rings. The van der Waals surface area contributed by atoms with Gasteiger partial charge in [0.15, 0.2) is 5.16 Å². The molecule has 7 nitrogen and oxygen atoms in total. The van der Waals surface area contributed by atoms with Gasteiger partial charge in [-0.2, -0.15) is 5.21 Å². The highest BCUT2D eigenvalue weighted by Crippen LogP contribution is 2.29. The van der Waals surface area contributed by atoms with E-state index in [0.717, 1.165) is 27.5 Å². The van der Waals surface area contributed by atoms with Gasteiger partial charge in [0.1, 0.15) is 5.82 Å². The Morgan fingerprint density at radius 2 is 1.89 bits per heavy atom. The Morgan fingerprint density at radius 1 is 1.07 bits per heavy atom. The van der Waals surface area contributed by atoms with E-state index in [-0.39, 0.29) is 0 Å². The van der Waals surface area contributed by atoms with Crippen molar-refractivity contribution < 1.29 is 0 Å². The molecule has 2 aromatic carbocycles. The Morgan fingerprint density at radius 3 is 2.71 bits per heavy atom. The minimum absolute atomic E-state index is 0.516. The standard InChI is InChI=1S/C19H16ClN7S/c1-12-10-17(22-16-9-5-3-7-14(16)18-24-26-27-25-18)23-19(21-12)28-11-13-6-2-4-8-15(13)20/h2-10H,11H2,1H3,(H,21,22,23)(H,24,25,26,27). The molecular formula is C19H16ClN7S. The molecule has 0 saturated carbocycles. The normalized spacial score (nSPS) is 10.8. The van der Waals surface area contributed by atoms with Crippen LogP contribution in [0.2, 0.25) is 5.02 Å². The second kappa shape index (κ2) is 8.37. The number of para-hydroxylation sites is 1. The molecule has 0 saturated heterocycles. The molecule has 0 radical (unpaired) electrons. The lowest BCUT2D eigenvalue weighted by Crippen LogP contribution is -2.00. The molecule has 0 amide bonds. The van der Waals surface area contributed by atoms with E-state index < -0.39 is 0 Å². The number of tetrazole rings is 1. The lowest BCUT2D eigenvalue weighted by Gasteiger charge is -2.11. The molecule has 2 aromatic heterocycles. The van der Waals surface area contributed by atoms with Crippen LogP contribution in [-0.2, 0) is 5.75 Å². The predicted octanol–water partition coefficient (Wildman–Crippen LogP) is 4.65. The van der Waals surface area contributed by atoms with Gasteiger partial charge < -0.3 is 5.32 Å². The summed E-state index contributed by atoms with van der Waals surface area (Å²) >= 11 is 7.78. The molecule has 0 spiro atoms. The number of hydrogen-bond acceptors (Lipinski definition) is 7. The van der Waals surface area contributed by atoms with Crippen molar-refractivity contribution in [2.45, 2.75) is 17.8 Å². The quantitative estimate of drug-likeness (QED) is 0.353. The topological polar surface area (TPSA) is 92.3 Å². The molecular weight excluding hydrogens is 394 g/mol. The van der Waals surface area contributed by atoms with Crippen molar-refractivity contribution >= 4 is 34.9 Å². The summed E-state index contributed by atoms with van der Waals surface area (Å²) in [4.78, 5) is 9.15. The first-order valence-electron chi connectivity index (χ1n) is 8.51. The highest BCUT2D eigenvalue weighted by atomic mass is 35.5. The Bertz CT molecular complexity index is 1090. The Kier molecular flexibility index (Phi) is 5.50. The number of rotatable bonds is 6. The molecule has 0 unspecified atom stereocenters.